The Hall–Kier alpha value is -7.54. The van der Waals surface area contributed by atoms with Crippen LogP contribution >= 0.6 is 0 Å². The van der Waals surface area contributed by atoms with Crippen LogP contribution < -0.4 is 0 Å². The Labute approximate surface area is 650 Å². The second-order valence-electron chi connectivity index (χ2n) is 39.5. The van der Waals surface area contributed by atoms with Crippen molar-refractivity contribution in [3.63, 3.8) is 0 Å². The van der Waals surface area contributed by atoms with Crippen LogP contribution in [0.3, 0.4) is 0 Å². The lowest BCUT2D eigenvalue weighted by Crippen LogP contribution is -2.44. The summed E-state index contributed by atoms with van der Waals surface area (Å²) >= 11 is 0. The zero-order chi connectivity index (χ0) is 78.7. The molecule has 606 valence electrons. The van der Waals surface area contributed by atoms with Crippen LogP contribution in [0.1, 0.15) is 120 Å². The molecule has 0 aromatic rings. The molecule has 30 heteroatoms. The first-order valence-corrected chi connectivity index (χ1v) is 41.7. The van der Waals surface area contributed by atoms with Gasteiger partial charge in [-0.05, 0) is 99.2 Å². The van der Waals surface area contributed by atoms with E-state index < -0.39 is 30.0 Å². The van der Waals surface area contributed by atoms with Crippen molar-refractivity contribution in [3.05, 3.63) is 0 Å². The van der Waals surface area contributed by atoms with E-state index in [1.807, 2.05) is 13.8 Å². The Morgan fingerprint density at radius 3 is 1.43 bits per heavy atom. The van der Waals surface area contributed by atoms with Crippen LogP contribution in [0.2, 0.25) is 0 Å². The first-order chi connectivity index (χ1) is 53.9. The molecule has 17 saturated heterocycles. The Morgan fingerprint density at radius 2 is 0.832 bits per heavy atom. The highest BCUT2D eigenvalue weighted by atomic mass is 16.7. The average molecular weight is 1570 g/mol. The lowest BCUT2D eigenvalue weighted by atomic mass is 9.72. The maximum atomic E-state index is 12.9. The number of fused-ring (bicyclic) bond motifs is 9. The number of carbonyl (C=O) groups excluding carboxylic acids is 12. The second-order valence-corrected chi connectivity index (χ2v) is 39.5. The molecule has 27 aliphatic rings. The van der Waals surface area contributed by atoms with Crippen LogP contribution in [0.5, 0.6) is 0 Å². The van der Waals surface area contributed by atoms with E-state index in [1.54, 1.807) is 0 Å². The van der Waals surface area contributed by atoms with E-state index in [0.717, 1.165) is 50.9 Å². The van der Waals surface area contributed by atoms with Gasteiger partial charge in [0.25, 0.3) is 0 Å². The highest BCUT2D eigenvalue weighted by Gasteiger charge is 2.76. The highest BCUT2D eigenvalue weighted by molar-refractivity contribution is 5.89. The third kappa shape index (κ3) is 9.80. The molecule has 0 aromatic carbocycles. The number of nitriles is 2. The number of hydrogen-bond donors (Lipinski definition) is 0. The summed E-state index contributed by atoms with van der Waals surface area (Å²) in [5, 5.41) is 17.9. The number of methoxy groups -OCH3 is 1. The maximum Gasteiger partial charge on any atom is 0.313 e. The standard InChI is InChI=1S/C18H20O6.C17H18O7.C10H11NO2.C10H12O5.C10H14O2.C9H9NO3.C9H12O3/c1-5-7-4-10-12(18(21)22-13(5)10)11(7)17(20)23-14-6-2-8-9(3-6)16(19)24-15(8)14;1-4-5-2-6-10(17(20)22-11(4)6)9(5)16(19)23-13-8-3-7-12(21-8)14(13)24-15(7)18;1-4-5-2-6-8(7(5)3-11)10(12)13-9(4)6;1-3-6-4(9(11)13-2)5-8(14-6)7(3)15-10(5)12;1-10(2)5-3-6-7(4-5)9(11)12-8(6)10;1-3-6-4(2-10)5-8(12-6)7(3)13-9(5)11;1-9(2)5-3-4-6(11-5)7(9)12-8(4)10/h5-15H,2-4H2,1H3;4-14H,2-3H2,1H3;4-9H,2H2,1H3;3-8H,1-2H3;5-8H,3-4H2,1-2H3;3-8H,1H3;4-7H,3H2,1-2H3. The fourth-order valence-corrected chi connectivity index (χ4v) is 29.0. The number of nitrogens with zero attached hydrogens (tertiary/aromatic N) is 2. The molecule has 0 radical (unpaired) electrons. The molecule has 0 aromatic heterocycles. The molecule has 17 heterocycles. The second kappa shape index (κ2) is 25.0. The minimum atomic E-state index is -0.534. The van der Waals surface area contributed by atoms with Gasteiger partial charge in [-0.2, -0.15) is 10.5 Å². The van der Waals surface area contributed by atoms with Crippen molar-refractivity contribution in [2.75, 3.05) is 7.11 Å². The normalized spacial score (nSPS) is 55.7. The van der Waals surface area contributed by atoms with E-state index in [2.05, 4.69) is 60.6 Å². The quantitative estimate of drug-likeness (QED) is 0.276. The molecule has 48 unspecified atom stereocenters. The third-order valence-corrected chi connectivity index (χ3v) is 34.5. The Bertz CT molecular complexity index is 4060. The minimum absolute atomic E-state index is 0.00409. The Balaban J connectivity index is 0.0000000848. The molecule has 0 amide bonds. The average Bonchev–Trinajstić information content (AvgIpc) is 1.53. The molecule has 18 bridgehead atoms. The zero-order valence-corrected chi connectivity index (χ0v) is 64.4. The largest absolute Gasteiger partial charge is 0.469 e. The number of hydrogen-bond acceptors (Lipinski definition) is 30. The fourth-order valence-electron chi connectivity index (χ4n) is 29.0. The van der Waals surface area contributed by atoms with Crippen molar-refractivity contribution < 1.29 is 133 Å². The molecule has 27 rings (SSSR count). The van der Waals surface area contributed by atoms with Gasteiger partial charge in [0.2, 0.25) is 0 Å². The molecule has 113 heavy (non-hydrogen) atoms. The third-order valence-electron chi connectivity index (χ3n) is 34.5. The molecular formula is C83H96N2O28. The van der Waals surface area contributed by atoms with Gasteiger partial charge in [-0.15, -0.1) is 0 Å². The van der Waals surface area contributed by atoms with Crippen LogP contribution in [0.15, 0.2) is 0 Å². The van der Waals surface area contributed by atoms with Gasteiger partial charge >= 0.3 is 71.6 Å². The number of carbonyl (C=O) groups is 12. The first-order valence-electron chi connectivity index (χ1n) is 41.7. The van der Waals surface area contributed by atoms with Gasteiger partial charge in [0.1, 0.15) is 91.2 Å². The van der Waals surface area contributed by atoms with Crippen molar-refractivity contribution in [3.8, 4) is 12.1 Å². The topological polar surface area (TPSA) is 400 Å². The van der Waals surface area contributed by atoms with E-state index in [4.69, 9.17) is 86.3 Å². The van der Waals surface area contributed by atoms with Crippen LogP contribution in [-0.2, 0) is 133 Å². The van der Waals surface area contributed by atoms with Gasteiger partial charge < -0.3 is 75.8 Å². The van der Waals surface area contributed by atoms with Crippen LogP contribution in [0, 0.1) is 205 Å². The summed E-state index contributed by atoms with van der Waals surface area (Å²) in [7, 11) is 1.33. The molecule has 30 nitrogen and oxygen atoms in total. The highest BCUT2D eigenvalue weighted by Crippen LogP contribution is 2.67. The number of rotatable bonds is 5. The summed E-state index contributed by atoms with van der Waals surface area (Å²) in [4.78, 5) is 142. The smallest absolute Gasteiger partial charge is 0.313 e. The summed E-state index contributed by atoms with van der Waals surface area (Å²) in [5.41, 5.74) is 0.292. The van der Waals surface area contributed by atoms with Gasteiger partial charge in [0.05, 0.1) is 115 Å². The van der Waals surface area contributed by atoms with Gasteiger partial charge in [-0.25, -0.2) is 0 Å². The van der Waals surface area contributed by atoms with Crippen LogP contribution in [0.4, 0.5) is 0 Å². The van der Waals surface area contributed by atoms with Crippen molar-refractivity contribution in [1.29, 1.82) is 10.5 Å². The van der Waals surface area contributed by atoms with E-state index in [-0.39, 0.29) is 311 Å². The SMILES string of the molecule is CC1(C)C2CC3C(=O)OC1C3C2.CC1(C)C2CC3C(=O)OC1C3O2.CC1C2CC3C1OC(=O)C3C2C#N.CC1C2CC3C1OC(=O)C3C2C(=O)OC1C2CC3C(=O)OC1C3C2.CC1C2CC3C1OC(=O)C3C2C(=O)OC1C2CC3C(=O)OC1C3O2.CC1C2OC3C1OC(=O)C3C2C#N.COC(=O)C1C2OC3C(OC(=O)C31)C2C. The molecule has 17 aliphatic heterocycles. The molecule has 0 N–H and O–H groups in total. The predicted octanol–water partition coefficient (Wildman–Crippen LogP) is 4.07. The van der Waals surface area contributed by atoms with Crippen LogP contribution in [-0.4, -0.2) is 195 Å². The molecule has 27 fully saturated rings. The summed E-state index contributed by atoms with van der Waals surface area (Å²) in [6, 6.07) is 4.44. The Morgan fingerprint density at radius 1 is 0.345 bits per heavy atom. The van der Waals surface area contributed by atoms with Gasteiger partial charge in [0, 0.05) is 58.2 Å². The molecular weight excluding hydrogens is 1470 g/mol. The Kier molecular flexibility index (Phi) is 16.2. The van der Waals surface area contributed by atoms with Crippen molar-refractivity contribution >= 4 is 71.6 Å². The zero-order valence-electron chi connectivity index (χ0n) is 64.4. The first kappa shape index (κ1) is 73.1. The number of ether oxygens (including phenoxy) is 16. The fraction of sp³-hybridized carbons (Fsp3) is 0.831. The summed E-state index contributed by atoms with van der Waals surface area (Å²) in [6.45, 7) is 18.9. The number of esters is 12. The van der Waals surface area contributed by atoms with Crippen LogP contribution in [0.25, 0.3) is 0 Å². The van der Waals surface area contributed by atoms with Gasteiger partial charge in [0.15, 0.2) is 12.2 Å². The molecule has 48 atom stereocenters. The van der Waals surface area contributed by atoms with Crippen molar-refractivity contribution in [2.45, 2.75) is 236 Å². The van der Waals surface area contributed by atoms with Gasteiger partial charge in [-0.1, -0.05) is 62.3 Å². The van der Waals surface area contributed by atoms with Crippen molar-refractivity contribution in [1.82, 2.24) is 0 Å². The van der Waals surface area contributed by atoms with E-state index in [1.165, 1.54) is 13.5 Å². The van der Waals surface area contributed by atoms with E-state index in [0.29, 0.717) is 30.1 Å². The molecule has 10 saturated carbocycles. The molecule has 0 spiro atoms. The lowest BCUT2D eigenvalue weighted by molar-refractivity contribution is -0.170. The van der Waals surface area contributed by atoms with E-state index in [9.17, 15) is 57.5 Å². The molecule has 10 aliphatic carbocycles. The maximum absolute atomic E-state index is 12.9. The van der Waals surface area contributed by atoms with Crippen molar-refractivity contribution in [2.24, 2.45) is 182 Å². The summed E-state index contributed by atoms with van der Waals surface area (Å²) < 4.78 is 87.2. The predicted molar refractivity (Wildman–Crippen MR) is 365 cm³/mol. The minimum Gasteiger partial charge on any atom is -0.469 e. The monoisotopic (exact) mass is 1570 g/mol. The van der Waals surface area contributed by atoms with E-state index >= 15 is 0 Å². The van der Waals surface area contributed by atoms with Gasteiger partial charge in [-0.3, -0.25) is 57.5 Å². The lowest BCUT2D eigenvalue weighted by Gasteiger charge is -2.32. The summed E-state index contributed by atoms with van der Waals surface area (Å²) in [6.07, 6.45) is 5.82. The summed E-state index contributed by atoms with van der Waals surface area (Å²) in [5.74, 6) is -1.19.